The fourth-order valence-electron chi connectivity index (χ4n) is 1.90. The molecule has 0 spiro atoms. The number of rotatable bonds is 2. The number of benzene rings is 1. The average Bonchev–Trinajstić information content (AvgIpc) is 2.33. The Morgan fingerprint density at radius 3 is 2.44 bits per heavy atom. The molecule has 2 rings (SSSR count). The SMILES string of the molecule is C=C1C=CC(C)=C(c2ccccc2)N1NC. The number of nitrogens with zero attached hydrogens (tertiary/aromatic N) is 1. The molecule has 82 valence electrons. The third kappa shape index (κ3) is 1.79. The van der Waals surface area contributed by atoms with Crippen molar-refractivity contribution in [2.75, 3.05) is 7.05 Å². The molecule has 0 aromatic heterocycles. The van der Waals surface area contributed by atoms with Crippen LogP contribution in [0.1, 0.15) is 12.5 Å². The van der Waals surface area contributed by atoms with Crippen molar-refractivity contribution < 1.29 is 0 Å². The second-order valence-corrected chi connectivity index (χ2v) is 3.78. The van der Waals surface area contributed by atoms with Gasteiger partial charge in [0.25, 0.3) is 0 Å². The first kappa shape index (κ1) is 10.7. The van der Waals surface area contributed by atoms with Gasteiger partial charge >= 0.3 is 0 Å². The van der Waals surface area contributed by atoms with E-state index in [0.717, 1.165) is 11.4 Å². The second kappa shape index (κ2) is 4.37. The lowest BCUT2D eigenvalue weighted by atomic mass is 10.0. The third-order valence-corrected chi connectivity index (χ3v) is 2.68. The number of hydrogen-bond acceptors (Lipinski definition) is 2. The molecule has 0 saturated carbocycles. The molecule has 0 radical (unpaired) electrons. The zero-order valence-corrected chi connectivity index (χ0v) is 9.70. The van der Waals surface area contributed by atoms with Crippen LogP contribution in [0.3, 0.4) is 0 Å². The molecule has 1 aromatic rings. The summed E-state index contributed by atoms with van der Waals surface area (Å²) in [5.74, 6) is 0. The first-order chi connectivity index (χ1) is 7.74. The first-order valence-corrected chi connectivity index (χ1v) is 5.35. The summed E-state index contributed by atoms with van der Waals surface area (Å²) in [4.78, 5) is 0. The molecule has 2 nitrogen and oxygen atoms in total. The van der Waals surface area contributed by atoms with Crippen LogP contribution in [0.2, 0.25) is 0 Å². The summed E-state index contributed by atoms with van der Waals surface area (Å²) < 4.78 is 0. The van der Waals surface area contributed by atoms with Gasteiger partial charge in [0.1, 0.15) is 0 Å². The van der Waals surface area contributed by atoms with Crippen molar-refractivity contribution in [1.82, 2.24) is 10.4 Å². The number of hydrogen-bond donors (Lipinski definition) is 1. The number of hydrazine groups is 1. The van der Waals surface area contributed by atoms with E-state index < -0.39 is 0 Å². The van der Waals surface area contributed by atoms with Crippen molar-refractivity contribution in [3.8, 4) is 0 Å². The molecular weight excluding hydrogens is 196 g/mol. The minimum absolute atomic E-state index is 0.951. The molecule has 0 unspecified atom stereocenters. The van der Waals surface area contributed by atoms with Gasteiger partial charge in [-0.05, 0) is 24.1 Å². The number of allylic oxidation sites excluding steroid dienone is 3. The van der Waals surface area contributed by atoms with Crippen molar-refractivity contribution in [3.05, 3.63) is 65.9 Å². The van der Waals surface area contributed by atoms with E-state index in [2.05, 4.69) is 37.1 Å². The van der Waals surface area contributed by atoms with Crippen molar-refractivity contribution in [3.63, 3.8) is 0 Å². The molecule has 0 saturated heterocycles. The van der Waals surface area contributed by atoms with Crippen LogP contribution in [0.15, 0.2) is 60.3 Å². The van der Waals surface area contributed by atoms with Crippen LogP contribution in [0.25, 0.3) is 5.70 Å². The summed E-state index contributed by atoms with van der Waals surface area (Å²) in [7, 11) is 1.90. The molecule has 1 aliphatic heterocycles. The topological polar surface area (TPSA) is 15.3 Å². The van der Waals surface area contributed by atoms with Gasteiger partial charge in [0.2, 0.25) is 0 Å². The Balaban J connectivity index is 2.51. The monoisotopic (exact) mass is 212 g/mol. The standard InChI is InChI=1S/C14H16N2/c1-11-9-10-12(2)16(15-3)14(11)13-7-5-4-6-8-13/h4-10,15H,2H2,1,3H3. The van der Waals surface area contributed by atoms with E-state index in [1.54, 1.807) is 0 Å². The minimum atomic E-state index is 0.951. The van der Waals surface area contributed by atoms with Gasteiger partial charge in [0.05, 0.1) is 11.4 Å². The van der Waals surface area contributed by atoms with Crippen LogP contribution >= 0.6 is 0 Å². The van der Waals surface area contributed by atoms with Gasteiger partial charge < -0.3 is 0 Å². The predicted octanol–water partition coefficient (Wildman–Crippen LogP) is 2.94. The van der Waals surface area contributed by atoms with E-state index in [9.17, 15) is 0 Å². The van der Waals surface area contributed by atoms with Gasteiger partial charge in [-0.1, -0.05) is 43.0 Å². The summed E-state index contributed by atoms with van der Waals surface area (Å²) in [5.41, 5.74) is 7.69. The van der Waals surface area contributed by atoms with E-state index in [1.807, 2.05) is 36.3 Å². The van der Waals surface area contributed by atoms with Crippen LogP contribution in [-0.2, 0) is 0 Å². The molecule has 0 amide bonds. The summed E-state index contributed by atoms with van der Waals surface area (Å²) in [6, 6.07) is 10.3. The lowest BCUT2D eigenvalue weighted by molar-refractivity contribution is 0.404. The molecule has 0 bridgehead atoms. The van der Waals surface area contributed by atoms with E-state index in [4.69, 9.17) is 0 Å². The van der Waals surface area contributed by atoms with Crippen LogP contribution in [0.5, 0.6) is 0 Å². The molecule has 16 heavy (non-hydrogen) atoms. The molecule has 0 fully saturated rings. The fourth-order valence-corrected chi connectivity index (χ4v) is 1.90. The Morgan fingerprint density at radius 2 is 1.81 bits per heavy atom. The smallest absolute Gasteiger partial charge is 0.0678 e. The molecule has 1 heterocycles. The fraction of sp³-hybridized carbons (Fsp3) is 0.143. The van der Waals surface area contributed by atoms with Gasteiger partial charge in [-0.25, -0.2) is 5.43 Å². The molecule has 1 N–H and O–H groups in total. The molecule has 1 aliphatic rings. The summed E-state index contributed by atoms with van der Waals surface area (Å²) in [6.07, 6.45) is 4.11. The lowest BCUT2D eigenvalue weighted by Crippen LogP contribution is -2.33. The normalized spacial score (nSPS) is 15.9. The van der Waals surface area contributed by atoms with E-state index >= 15 is 0 Å². The Labute approximate surface area is 96.6 Å². The highest BCUT2D eigenvalue weighted by Gasteiger charge is 2.17. The van der Waals surface area contributed by atoms with Gasteiger partial charge in [-0.15, -0.1) is 0 Å². The maximum absolute atomic E-state index is 4.02. The molecule has 1 aromatic carbocycles. The second-order valence-electron chi connectivity index (χ2n) is 3.78. The van der Waals surface area contributed by atoms with Crippen molar-refractivity contribution in [2.45, 2.75) is 6.92 Å². The van der Waals surface area contributed by atoms with E-state index in [1.165, 1.54) is 11.1 Å². The van der Waals surface area contributed by atoms with Crippen LogP contribution in [-0.4, -0.2) is 12.1 Å². The van der Waals surface area contributed by atoms with Crippen LogP contribution < -0.4 is 5.43 Å². The molecular formula is C14H16N2. The highest BCUT2D eigenvalue weighted by molar-refractivity contribution is 5.72. The highest BCUT2D eigenvalue weighted by Crippen LogP contribution is 2.28. The molecule has 0 atom stereocenters. The summed E-state index contributed by atoms with van der Waals surface area (Å²) >= 11 is 0. The van der Waals surface area contributed by atoms with Crippen LogP contribution in [0, 0.1) is 0 Å². The maximum Gasteiger partial charge on any atom is 0.0678 e. The maximum atomic E-state index is 4.02. The van der Waals surface area contributed by atoms with Crippen molar-refractivity contribution in [2.24, 2.45) is 0 Å². The van der Waals surface area contributed by atoms with Gasteiger partial charge in [-0.3, -0.25) is 5.01 Å². The Bertz CT molecular complexity index is 455. The largest absolute Gasteiger partial charge is 0.277 e. The zero-order chi connectivity index (χ0) is 11.5. The van der Waals surface area contributed by atoms with Crippen LogP contribution in [0.4, 0.5) is 0 Å². The Kier molecular flexibility index (Phi) is 2.93. The Hall–Kier alpha value is -1.80. The number of nitrogens with one attached hydrogen (secondary N) is 1. The first-order valence-electron chi connectivity index (χ1n) is 5.35. The van der Waals surface area contributed by atoms with Gasteiger partial charge in [0.15, 0.2) is 0 Å². The molecule has 2 heteroatoms. The van der Waals surface area contributed by atoms with E-state index in [0.29, 0.717) is 0 Å². The molecule has 0 aliphatic carbocycles. The van der Waals surface area contributed by atoms with E-state index in [-0.39, 0.29) is 0 Å². The van der Waals surface area contributed by atoms with Gasteiger partial charge in [-0.2, -0.15) is 0 Å². The lowest BCUT2D eigenvalue weighted by Gasteiger charge is -2.30. The minimum Gasteiger partial charge on any atom is -0.277 e. The van der Waals surface area contributed by atoms with Crippen molar-refractivity contribution >= 4 is 5.70 Å². The van der Waals surface area contributed by atoms with Crippen molar-refractivity contribution in [1.29, 1.82) is 0 Å². The quantitative estimate of drug-likeness (QED) is 0.810. The zero-order valence-electron chi connectivity index (χ0n) is 9.70. The highest BCUT2D eigenvalue weighted by atomic mass is 15.5. The summed E-state index contributed by atoms with van der Waals surface area (Å²) in [5, 5.41) is 2.00. The summed E-state index contributed by atoms with van der Waals surface area (Å²) in [6.45, 7) is 6.13. The van der Waals surface area contributed by atoms with Gasteiger partial charge in [0, 0.05) is 7.05 Å². The average molecular weight is 212 g/mol. The predicted molar refractivity (Wildman–Crippen MR) is 68.2 cm³/mol. The Morgan fingerprint density at radius 1 is 1.12 bits per heavy atom. The third-order valence-electron chi connectivity index (χ3n) is 2.68.